The molecule has 0 radical (unpaired) electrons. The van der Waals surface area contributed by atoms with Gasteiger partial charge in [-0.1, -0.05) is 45.0 Å². The third-order valence-electron chi connectivity index (χ3n) is 2.72. The van der Waals surface area contributed by atoms with Crippen LogP contribution in [0.4, 0.5) is 0 Å². The zero-order valence-electron chi connectivity index (χ0n) is 10.2. The molecule has 0 fully saturated rings. The summed E-state index contributed by atoms with van der Waals surface area (Å²) >= 11 is 0. The van der Waals surface area contributed by atoms with Crippen molar-refractivity contribution in [3.05, 3.63) is 35.4 Å². The average molecular weight is 219 g/mol. The van der Waals surface area contributed by atoms with Gasteiger partial charge in [0, 0.05) is 11.9 Å². The molecular weight excluding hydrogens is 200 g/mol. The molecule has 0 amide bonds. The Morgan fingerprint density at radius 1 is 1.25 bits per heavy atom. The number of carbonyl (C=O) groups excluding carboxylic acids is 1. The van der Waals surface area contributed by atoms with Crippen LogP contribution in [0.5, 0.6) is 0 Å². The highest BCUT2D eigenvalue weighted by Crippen LogP contribution is 2.20. The number of hydrogen-bond donors (Lipinski definition) is 0. The first-order valence-electron chi connectivity index (χ1n) is 5.84. The van der Waals surface area contributed by atoms with Crippen LogP contribution in [0.15, 0.2) is 24.3 Å². The minimum Gasteiger partial charge on any atom is -0.549 e. The molecule has 2 heteroatoms. The monoisotopic (exact) mass is 219 g/mol. The predicted molar refractivity (Wildman–Crippen MR) is 63.0 cm³/mol. The average Bonchev–Trinajstić information content (AvgIpc) is 2.20. The summed E-state index contributed by atoms with van der Waals surface area (Å²) in [5.41, 5.74) is 2.10. The molecule has 0 heterocycles. The van der Waals surface area contributed by atoms with Gasteiger partial charge in [-0.25, -0.2) is 0 Å². The van der Waals surface area contributed by atoms with Gasteiger partial charge in [-0.05, 0) is 29.9 Å². The molecule has 16 heavy (non-hydrogen) atoms. The predicted octanol–water partition coefficient (Wildman–Crippen LogP) is 2.13. The Hall–Kier alpha value is -1.31. The highest BCUT2D eigenvalue weighted by molar-refractivity contribution is 5.73. The van der Waals surface area contributed by atoms with Gasteiger partial charge in [0.2, 0.25) is 0 Å². The van der Waals surface area contributed by atoms with Gasteiger partial charge < -0.3 is 9.90 Å². The van der Waals surface area contributed by atoms with E-state index >= 15 is 0 Å². The van der Waals surface area contributed by atoms with E-state index in [0.717, 1.165) is 12.0 Å². The van der Waals surface area contributed by atoms with Gasteiger partial charge in [-0.2, -0.15) is 0 Å². The number of hydrogen-bond acceptors (Lipinski definition) is 2. The third-order valence-corrected chi connectivity index (χ3v) is 2.72. The topological polar surface area (TPSA) is 40.1 Å². The highest BCUT2D eigenvalue weighted by atomic mass is 16.4. The summed E-state index contributed by atoms with van der Waals surface area (Å²) < 4.78 is 0. The summed E-state index contributed by atoms with van der Waals surface area (Å²) in [4.78, 5) is 10.9. The van der Waals surface area contributed by atoms with E-state index in [0.29, 0.717) is 12.3 Å². The van der Waals surface area contributed by atoms with Crippen molar-refractivity contribution in [3.8, 4) is 0 Å². The maximum absolute atomic E-state index is 10.9. The Morgan fingerprint density at radius 2 is 1.81 bits per heavy atom. The molecule has 0 spiro atoms. The number of benzene rings is 1. The van der Waals surface area contributed by atoms with Crippen LogP contribution in [-0.4, -0.2) is 5.97 Å². The molecule has 0 aliphatic heterocycles. The van der Waals surface area contributed by atoms with Crippen molar-refractivity contribution in [3.63, 3.8) is 0 Å². The van der Waals surface area contributed by atoms with Crippen LogP contribution >= 0.6 is 0 Å². The van der Waals surface area contributed by atoms with E-state index in [2.05, 4.69) is 13.8 Å². The summed E-state index contributed by atoms with van der Waals surface area (Å²) in [6, 6.07) is 7.84. The molecule has 88 valence electrons. The van der Waals surface area contributed by atoms with E-state index in [1.54, 1.807) is 0 Å². The van der Waals surface area contributed by atoms with Crippen LogP contribution in [0.1, 0.15) is 44.2 Å². The van der Waals surface area contributed by atoms with Crippen LogP contribution in [0.25, 0.3) is 0 Å². The zero-order chi connectivity index (χ0) is 12.1. The summed E-state index contributed by atoms with van der Waals surface area (Å²) in [6.45, 7) is 6.20. The first-order chi connectivity index (χ1) is 7.54. The van der Waals surface area contributed by atoms with Crippen LogP contribution in [0.3, 0.4) is 0 Å². The molecule has 0 aliphatic carbocycles. The Balaban J connectivity index is 2.81. The van der Waals surface area contributed by atoms with Crippen molar-refractivity contribution >= 4 is 5.97 Å². The van der Waals surface area contributed by atoms with Crippen molar-refractivity contribution in [2.24, 2.45) is 5.92 Å². The number of carboxylic acid groups (broad SMARTS) is 1. The van der Waals surface area contributed by atoms with Gasteiger partial charge in [0.15, 0.2) is 0 Å². The fourth-order valence-electron chi connectivity index (χ4n) is 1.90. The smallest absolute Gasteiger partial charge is 0.0489 e. The molecule has 0 N–H and O–H groups in total. The van der Waals surface area contributed by atoms with Gasteiger partial charge in [-0.3, -0.25) is 0 Å². The lowest BCUT2D eigenvalue weighted by Gasteiger charge is -2.16. The number of carbonyl (C=O) groups is 1. The molecule has 0 saturated carbocycles. The maximum atomic E-state index is 10.9. The summed E-state index contributed by atoms with van der Waals surface area (Å²) in [5.74, 6) is -0.846. The molecule has 1 atom stereocenters. The first-order valence-corrected chi connectivity index (χ1v) is 5.84. The van der Waals surface area contributed by atoms with Crippen molar-refractivity contribution in [2.75, 3.05) is 0 Å². The zero-order valence-corrected chi connectivity index (χ0v) is 10.2. The molecule has 1 unspecified atom stereocenters. The quantitative estimate of drug-likeness (QED) is 0.761. The van der Waals surface area contributed by atoms with Crippen LogP contribution in [-0.2, 0) is 11.2 Å². The second-order valence-corrected chi connectivity index (χ2v) is 4.62. The van der Waals surface area contributed by atoms with Gasteiger partial charge in [0.05, 0.1) is 0 Å². The number of aliphatic carboxylic acids is 1. The summed E-state index contributed by atoms with van der Waals surface area (Å²) in [5, 5.41) is 10.9. The van der Waals surface area contributed by atoms with E-state index in [1.165, 1.54) is 5.56 Å². The molecular formula is C14H19O2-. The molecule has 0 aliphatic rings. The fourth-order valence-corrected chi connectivity index (χ4v) is 1.90. The summed E-state index contributed by atoms with van der Waals surface area (Å²) in [6.07, 6.45) is 1.61. The van der Waals surface area contributed by atoms with Gasteiger partial charge in [-0.15, -0.1) is 0 Å². The fraction of sp³-hybridized carbons (Fsp3) is 0.500. The molecule has 1 aromatic carbocycles. The Kier molecular flexibility index (Phi) is 4.53. The minimum atomic E-state index is -0.987. The molecule has 0 aromatic heterocycles. The van der Waals surface area contributed by atoms with E-state index in [-0.39, 0.29) is 0 Å². The lowest BCUT2D eigenvalue weighted by atomic mass is 9.94. The lowest BCUT2D eigenvalue weighted by Crippen LogP contribution is -2.29. The third kappa shape index (κ3) is 3.37. The second kappa shape index (κ2) is 5.69. The number of rotatable bonds is 5. The molecule has 1 aromatic rings. The van der Waals surface area contributed by atoms with Gasteiger partial charge in [0.25, 0.3) is 0 Å². The van der Waals surface area contributed by atoms with Gasteiger partial charge >= 0.3 is 0 Å². The highest BCUT2D eigenvalue weighted by Gasteiger charge is 2.10. The maximum Gasteiger partial charge on any atom is 0.0489 e. The molecule has 0 bridgehead atoms. The van der Waals surface area contributed by atoms with E-state index in [1.807, 2.05) is 31.2 Å². The van der Waals surface area contributed by atoms with Crippen LogP contribution in [0.2, 0.25) is 0 Å². The molecule has 0 saturated heterocycles. The summed E-state index contributed by atoms with van der Waals surface area (Å²) in [7, 11) is 0. The first kappa shape index (κ1) is 12.8. The molecule has 1 rings (SSSR count). The largest absolute Gasteiger partial charge is 0.549 e. The van der Waals surface area contributed by atoms with E-state index < -0.39 is 11.9 Å². The Labute approximate surface area is 97.3 Å². The minimum absolute atomic E-state index is 0.479. The standard InChI is InChI=1S/C14H20O2/c1-4-13(14(15)16)12-7-5-11(6-8-12)9-10(2)3/h5-8,10,13H,4,9H2,1-3H3,(H,15,16)/p-1. The second-order valence-electron chi connectivity index (χ2n) is 4.62. The van der Waals surface area contributed by atoms with Crippen molar-refractivity contribution in [2.45, 2.75) is 39.5 Å². The van der Waals surface area contributed by atoms with Crippen LogP contribution in [0, 0.1) is 5.92 Å². The van der Waals surface area contributed by atoms with Crippen molar-refractivity contribution < 1.29 is 9.90 Å². The lowest BCUT2D eigenvalue weighted by molar-refractivity contribution is -0.308. The van der Waals surface area contributed by atoms with Crippen molar-refractivity contribution in [1.29, 1.82) is 0 Å². The Morgan fingerprint density at radius 3 is 2.19 bits per heavy atom. The van der Waals surface area contributed by atoms with Crippen LogP contribution < -0.4 is 5.11 Å². The Bertz CT molecular complexity index is 338. The SMILES string of the molecule is CCC(C(=O)[O-])c1ccc(CC(C)C)cc1. The molecule has 2 nitrogen and oxygen atoms in total. The van der Waals surface area contributed by atoms with E-state index in [9.17, 15) is 9.90 Å². The normalized spacial score (nSPS) is 12.8. The number of carboxylic acids is 1. The van der Waals surface area contributed by atoms with Crippen molar-refractivity contribution in [1.82, 2.24) is 0 Å². The van der Waals surface area contributed by atoms with E-state index in [4.69, 9.17) is 0 Å². The van der Waals surface area contributed by atoms with Gasteiger partial charge in [0.1, 0.15) is 0 Å².